The van der Waals surface area contributed by atoms with Crippen LogP contribution in [0.1, 0.15) is 20.3 Å². The number of rotatable bonds is 1. The van der Waals surface area contributed by atoms with Crippen molar-refractivity contribution in [3.63, 3.8) is 0 Å². The Morgan fingerprint density at radius 3 is 1.36 bits per heavy atom. The highest BCUT2D eigenvalue weighted by Gasteiger charge is 1.76. The molecule has 0 spiro atoms. The van der Waals surface area contributed by atoms with Crippen molar-refractivity contribution < 1.29 is 14.7 Å². The molecule has 0 saturated heterocycles. The quantitative estimate of drug-likeness (QED) is 0.701. The first-order chi connectivity index (χ1) is 6.68. The predicted molar refractivity (Wildman–Crippen MR) is 56.1 cm³/mol. The van der Waals surface area contributed by atoms with Gasteiger partial charge in [0, 0.05) is 6.42 Å². The number of benzene rings is 1. The molecule has 0 bridgehead atoms. The highest BCUT2D eigenvalue weighted by atomic mass is 16.3. The molecule has 1 N–H and O–H groups in total. The fourth-order valence-electron chi connectivity index (χ4n) is 0.385. The van der Waals surface area contributed by atoms with Gasteiger partial charge in [-0.3, -0.25) is 4.79 Å². The number of Topliss-reactive ketones (excluding diaryl/α,β-unsaturated/α-hetero) is 1. The predicted octanol–water partition coefficient (Wildman–Crippen LogP) is 2.37. The molecule has 0 radical (unpaired) electrons. The van der Waals surface area contributed by atoms with E-state index in [9.17, 15) is 4.79 Å². The summed E-state index contributed by atoms with van der Waals surface area (Å²) in [6.07, 6.45) is 0.667. The molecule has 1 aromatic rings. The molecule has 0 aliphatic heterocycles. The zero-order valence-electron chi connectivity index (χ0n) is 8.51. The summed E-state index contributed by atoms with van der Waals surface area (Å²) in [7, 11) is 0. The van der Waals surface area contributed by atoms with Gasteiger partial charge in [-0.05, 0) is 6.92 Å². The standard InChI is InChI=1S/C6H6.C4H8O.CH2O2/c1-2-4-6-5-3-1;1-3-4(2)5;2-1-3/h1-6H;3H2,1-2H3;1H,(H,2,3). The van der Waals surface area contributed by atoms with Crippen LogP contribution in [0, 0.1) is 0 Å². The molecule has 1 aromatic carbocycles. The molecule has 0 amide bonds. The lowest BCUT2D eigenvalue weighted by atomic mass is 10.4. The maximum absolute atomic E-state index is 9.81. The van der Waals surface area contributed by atoms with Gasteiger partial charge in [-0.25, -0.2) is 0 Å². The first-order valence-corrected chi connectivity index (χ1v) is 4.26. The summed E-state index contributed by atoms with van der Waals surface area (Å²) >= 11 is 0. The maximum atomic E-state index is 9.81. The molecule has 0 aromatic heterocycles. The molecule has 0 aliphatic carbocycles. The Bertz CT molecular complexity index is 193. The molecule has 0 unspecified atom stereocenters. The highest BCUT2D eigenvalue weighted by Crippen LogP contribution is 1.79. The second kappa shape index (κ2) is 13.9. The molecule has 3 nitrogen and oxygen atoms in total. The van der Waals surface area contributed by atoms with Crippen LogP contribution >= 0.6 is 0 Å². The van der Waals surface area contributed by atoms with Gasteiger partial charge in [0.05, 0.1) is 0 Å². The van der Waals surface area contributed by atoms with Crippen molar-refractivity contribution in [2.45, 2.75) is 20.3 Å². The number of carbonyl (C=O) groups excluding carboxylic acids is 1. The SMILES string of the molecule is CCC(C)=O.O=CO.c1ccccc1. The monoisotopic (exact) mass is 196 g/mol. The normalized spacial score (nSPS) is 7.00. The van der Waals surface area contributed by atoms with Crippen molar-refractivity contribution in [3.8, 4) is 0 Å². The van der Waals surface area contributed by atoms with Crippen molar-refractivity contribution in [3.05, 3.63) is 36.4 Å². The maximum Gasteiger partial charge on any atom is 0.290 e. The Kier molecular flexibility index (Phi) is 14.8. The largest absolute Gasteiger partial charge is 0.483 e. The molecule has 0 atom stereocenters. The van der Waals surface area contributed by atoms with E-state index < -0.39 is 0 Å². The van der Waals surface area contributed by atoms with Gasteiger partial charge in [0.15, 0.2) is 0 Å². The average Bonchev–Trinajstić information content (AvgIpc) is 2.22. The number of carbonyl (C=O) groups is 2. The fraction of sp³-hybridized carbons (Fsp3) is 0.273. The Morgan fingerprint density at radius 2 is 1.29 bits per heavy atom. The van der Waals surface area contributed by atoms with E-state index in [-0.39, 0.29) is 12.3 Å². The third-order valence-electron chi connectivity index (χ3n) is 1.16. The van der Waals surface area contributed by atoms with E-state index in [0.29, 0.717) is 6.42 Å². The smallest absolute Gasteiger partial charge is 0.290 e. The Morgan fingerprint density at radius 1 is 1.14 bits per heavy atom. The van der Waals surface area contributed by atoms with E-state index in [0.717, 1.165) is 0 Å². The Labute approximate surface area is 84.4 Å². The van der Waals surface area contributed by atoms with Crippen molar-refractivity contribution in [1.82, 2.24) is 0 Å². The molecule has 3 heteroatoms. The van der Waals surface area contributed by atoms with Gasteiger partial charge in [-0.1, -0.05) is 43.3 Å². The van der Waals surface area contributed by atoms with Crippen molar-refractivity contribution in [2.75, 3.05) is 0 Å². The van der Waals surface area contributed by atoms with Gasteiger partial charge in [0.2, 0.25) is 0 Å². The third kappa shape index (κ3) is 22.4. The van der Waals surface area contributed by atoms with Gasteiger partial charge in [0.25, 0.3) is 6.47 Å². The second-order valence-corrected chi connectivity index (χ2v) is 2.32. The van der Waals surface area contributed by atoms with Gasteiger partial charge in [-0.15, -0.1) is 0 Å². The van der Waals surface area contributed by atoms with E-state index in [2.05, 4.69) is 0 Å². The zero-order valence-corrected chi connectivity index (χ0v) is 8.51. The molecule has 1 rings (SSSR count). The minimum atomic E-state index is -0.250. The van der Waals surface area contributed by atoms with Crippen molar-refractivity contribution in [1.29, 1.82) is 0 Å². The topological polar surface area (TPSA) is 54.4 Å². The lowest BCUT2D eigenvalue weighted by Crippen LogP contribution is -1.80. The first kappa shape index (κ1) is 14.9. The minimum absolute atomic E-state index is 0.250. The molecule has 78 valence electrons. The van der Waals surface area contributed by atoms with E-state index in [1.54, 1.807) is 6.92 Å². The number of ketones is 1. The summed E-state index contributed by atoms with van der Waals surface area (Å²) in [6, 6.07) is 12.0. The van der Waals surface area contributed by atoms with Crippen LogP contribution in [0.4, 0.5) is 0 Å². The first-order valence-electron chi connectivity index (χ1n) is 4.26. The summed E-state index contributed by atoms with van der Waals surface area (Å²) in [5.74, 6) is 0.255. The summed E-state index contributed by atoms with van der Waals surface area (Å²) in [5.41, 5.74) is 0. The van der Waals surface area contributed by atoms with Crippen LogP contribution in [0.25, 0.3) is 0 Å². The van der Waals surface area contributed by atoms with Crippen LogP contribution in [-0.4, -0.2) is 17.4 Å². The molecule has 0 heterocycles. The van der Waals surface area contributed by atoms with E-state index in [4.69, 9.17) is 9.90 Å². The van der Waals surface area contributed by atoms with Gasteiger partial charge in [-0.2, -0.15) is 0 Å². The van der Waals surface area contributed by atoms with Crippen LogP contribution in [-0.2, 0) is 9.59 Å². The Hall–Kier alpha value is -1.64. The highest BCUT2D eigenvalue weighted by molar-refractivity contribution is 5.74. The minimum Gasteiger partial charge on any atom is -0.483 e. The summed E-state index contributed by atoms with van der Waals surface area (Å²) < 4.78 is 0. The average molecular weight is 196 g/mol. The van der Waals surface area contributed by atoms with E-state index in [1.807, 2.05) is 43.3 Å². The van der Waals surface area contributed by atoms with Gasteiger partial charge in [0.1, 0.15) is 5.78 Å². The van der Waals surface area contributed by atoms with Crippen LogP contribution in [0.15, 0.2) is 36.4 Å². The fourth-order valence-corrected chi connectivity index (χ4v) is 0.385. The zero-order chi connectivity index (χ0) is 11.2. The lowest BCUT2D eigenvalue weighted by Gasteiger charge is -1.71. The second-order valence-electron chi connectivity index (χ2n) is 2.32. The lowest BCUT2D eigenvalue weighted by molar-refractivity contribution is -0.123. The number of carboxylic acid groups (broad SMARTS) is 1. The summed E-state index contributed by atoms with van der Waals surface area (Å²) in [6.45, 7) is 3.18. The molecular formula is C11H16O3. The van der Waals surface area contributed by atoms with Crippen LogP contribution in [0.5, 0.6) is 0 Å². The Balaban J connectivity index is 0. The summed E-state index contributed by atoms with van der Waals surface area (Å²) in [5, 5.41) is 6.89. The third-order valence-corrected chi connectivity index (χ3v) is 1.16. The van der Waals surface area contributed by atoms with Crippen molar-refractivity contribution >= 4 is 12.3 Å². The summed E-state index contributed by atoms with van der Waals surface area (Å²) in [4.78, 5) is 18.2. The number of hydrogen-bond acceptors (Lipinski definition) is 2. The molecular weight excluding hydrogens is 180 g/mol. The molecule has 0 saturated carbocycles. The van der Waals surface area contributed by atoms with Crippen molar-refractivity contribution in [2.24, 2.45) is 0 Å². The van der Waals surface area contributed by atoms with Crippen LogP contribution in [0.3, 0.4) is 0 Å². The van der Waals surface area contributed by atoms with Crippen LogP contribution < -0.4 is 0 Å². The molecule has 0 aliphatic rings. The van der Waals surface area contributed by atoms with E-state index >= 15 is 0 Å². The van der Waals surface area contributed by atoms with Gasteiger partial charge < -0.3 is 9.90 Å². The molecule has 14 heavy (non-hydrogen) atoms. The van der Waals surface area contributed by atoms with Crippen LogP contribution in [0.2, 0.25) is 0 Å². The number of hydrogen-bond donors (Lipinski definition) is 1. The van der Waals surface area contributed by atoms with Gasteiger partial charge >= 0.3 is 0 Å². The van der Waals surface area contributed by atoms with E-state index in [1.165, 1.54) is 0 Å². The molecule has 0 fully saturated rings.